The molecule has 2 heterocycles. The molecule has 0 saturated carbocycles. The Morgan fingerprint density at radius 1 is 1.06 bits per heavy atom. The van der Waals surface area contributed by atoms with Crippen LogP contribution in [0.25, 0.3) is 21.3 Å². The molecule has 0 bridgehead atoms. The number of nitrogens with one attached hydrogen (secondary N) is 1. The van der Waals surface area contributed by atoms with E-state index in [0.29, 0.717) is 16.6 Å². The Morgan fingerprint density at radius 3 is 2.42 bits per heavy atom. The van der Waals surface area contributed by atoms with Gasteiger partial charge < -0.3 is 5.32 Å². The van der Waals surface area contributed by atoms with Crippen LogP contribution in [-0.2, 0) is 11.2 Å². The predicted octanol–water partition coefficient (Wildman–Crippen LogP) is 6.20. The van der Waals surface area contributed by atoms with E-state index in [0.717, 1.165) is 28.1 Å². The van der Waals surface area contributed by atoms with Gasteiger partial charge in [0, 0.05) is 16.1 Å². The largest absolute Gasteiger partial charge is 0.324 e. The molecular weight excluding hydrogens is 430 g/mol. The summed E-state index contributed by atoms with van der Waals surface area (Å²) in [6.45, 7) is 10.2. The molecule has 0 aliphatic rings. The lowest BCUT2D eigenvalue weighted by molar-refractivity contribution is -0.119. The van der Waals surface area contributed by atoms with Crippen LogP contribution in [0.4, 0.5) is 5.69 Å². The van der Waals surface area contributed by atoms with E-state index < -0.39 is 6.04 Å². The summed E-state index contributed by atoms with van der Waals surface area (Å²) in [5.41, 5.74) is 6.05. The highest BCUT2D eigenvalue weighted by atomic mass is 32.1. The van der Waals surface area contributed by atoms with Gasteiger partial charge in [-0.15, -0.1) is 11.3 Å². The zero-order valence-corrected chi connectivity index (χ0v) is 20.5. The van der Waals surface area contributed by atoms with E-state index >= 15 is 0 Å². The maximum atomic E-state index is 13.7. The first kappa shape index (κ1) is 22.9. The molecular formula is C27H29N3O2S. The van der Waals surface area contributed by atoms with Gasteiger partial charge in [0.1, 0.15) is 10.9 Å². The number of carbonyl (C=O) groups excluding carboxylic acids is 1. The Hall–Kier alpha value is -3.25. The lowest BCUT2D eigenvalue weighted by Crippen LogP contribution is -2.33. The number of hydrogen-bond acceptors (Lipinski definition) is 4. The van der Waals surface area contributed by atoms with Crippen molar-refractivity contribution in [2.75, 3.05) is 5.32 Å². The van der Waals surface area contributed by atoms with Crippen LogP contribution >= 0.6 is 11.3 Å². The summed E-state index contributed by atoms with van der Waals surface area (Å²) in [7, 11) is 0. The molecule has 0 aliphatic heterocycles. The molecule has 1 amide bonds. The van der Waals surface area contributed by atoms with Crippen molar-refractivity contribution in [3.8, 4) is 11.1 Å². The number of benzene rings is 2. The Balaban J connectivity index is 1.76. The second-order valence-corrected chi connectivity index (χ2v) is 9.64. The molecule has 0 radical (unpaired) electrons. The summed E-state index contributed by atoms with van der Waals surface area (Å²) >= 11 is 1.52. The number of aromatic nitrogens is 2. The summed E-state index contributed by atoms with van der Waals surface area (Å²) in [4.78, 5) is 33.1. The first-order valence-corrected chi connectivity index (χ1v) is 12.1. The second kappa shape index (κ2) is 9.32. The molecule has 4 rings (SSSR count). The standard InChI is InChI=1S/C27H29N3O2S/c1-6-19-9-12-21(13-10-19)29-25(31)22(7-2)30-15-28-26-24(27(30)32)23(18(5)33-26)20-11-8-16(3)17(4)14-20/h8-15,22H,6-7H2,1-5H3,(H,29,31). The molecule has 1 unspecified atom stereocenters. The molecule has 6 heteroatoms. The van der Waals surface area contributed by atoms with Gasteiger partial charge in [0.2, 0.25) is 5.91 Å². The van der Waals surface area contributed by atoms with Gasteiger partial charge in [-0.05, 0) is 68.0 Å². The molecule has 5 nitrogen and oxygen atoms in total. The first-order chi connectivity index (χ1) is 15.8. The Bertz CT molecular complexity index is 1380. The Kier molecular flexibility index (Phi) is 6.47. The quantitative estimate of drug-likeness (QED) is 0.373. The number of hydrogen-bond donors (Lipinski definition) is 1. The third-order valence-corrected chi connectivity index (χ3v) is 7.28. The van der Waals surface area contributed by atoms with Crippen LogP contribution in [0.1, 0.15) is 47.9 Å². The second-order valence-electron chi connectivity index (χ2n) is 8.43. The summed E-state index contributed by atoms with van der Waals surface area (Å²) in [5, 5.41) is 3.54. The van der Waals surface area contributed by atoms with Crippen molar-refractivity contribution in [1.82, 2.24) is 9.55 Å². The molecule has 0 saturated heterocycles. The van der Waals surface area contributed by atoms with Gasteiger partial charge in [0.25, 0.3) is 5.56 Å². The maximum Gasteiger partial charge on any atom is 0.263 e. The monoisotopic (exact) mass is 459 g/mol. The van der Waals surface area contributed by atoms with E-state index in [2.05, 4.69) is 49.3 Å². The maximum absolute atomic E-state index is 13.7. The van der Waals surface area contributed by atoms with Crippen LogP contribution in [0.3, 0.4) is 0 Å². The number of thiophene rings is 1. The highest BCUT2D eigenvalue weighted by Gasteiger charge is 2.24. The van der Waals surface area contributed by atoms with Crippen LogP contribution in [0.15, 0.2) is 53.6 Å². The zero-order chi connectivity index (χ0) is 23.7. The van der Waals surface area contributed by atoms with Gasteiger partial charge in [0.05, 0.1) is 11.7 Å². The molecule has 170 valence electrons. The third kappa shape index (κ3) is 4.35. The normalized spacial score (nSPS) is 12.2. The summed E-state index contributed by atoms with van der Waals surface area (Å²) in [6, 6.07) is 13.4. The number of fused-ring (bicyclic) bond motifs is 1. The van der Waals surface area contributed by atoms with Crippen LogP contribution in [0, 0.1) is 20.8 Å². The molecule has 1 N–H and O–H groups in total. The fourth-order valence-electron chi connectivity index (χ4n) is 4.14. The van der Waals surface area contributed by atoms with Crippen molar-refractivity contribution >= 4 is 33.1 Å². The van der Waals surface area contributed by atoms with Crippen molar-refractivity contribution in [3.05, 3.63) is 80.7 Å². The van der Waals surface area contributed by atoms with Gasteiger partial charge in [0.15, 0.2) is 0 Å². The fourth-order valence-corrected chi connectivity index (χ4v) is 5.14. The van der Waals surface area contributed by atoms with Crippen molar-refractivity contribution in [1.29, 1.82) is 0 Å². The lowest BCUT2D eigenvalue weighted by Gasteiger charge is -2.18. The Morgan fingerprint density at radius 2 is 1.79 bits per heavy atom. The first-order valence-electron chi connectivity index (χ1n) is 11.3. The number of amides is 1. The topological polar surface area (TPSA) is 64.0 Å². The van der Waals surface area contributed by atoms with Crippen molar-refractivity contribution in [3.63, 3.8) is 0 Å². The molecule has 0 aliphatic carbocycles. The molecule has 1 atom stereocenters. The van der Waals surface area contributed by atoms with Crippen LogP contribution in [0.5, 0.6) is 0 Å². The van der Waals surface area contributed by atoms with E-state index in [4.69, 9.17) is 0 Å². The average Bonchev–Trinajstić information content (AvgIpc) is 3.15. The zero-order valence-electron chi connectivity index (χ0n) is 19.7. The summed E-state index contributed by atoms with van der Waals surface area (Å²) < 4.78 is 1.48. The van der Waals surface area contributed by atoms with E-state index in [1.54, 1.807) is 0 Å². The van der Waals surface area contributed by atoms with Gasteiger partial charge in [-0.3, -0.25) is 14.2 Å². The van der Waals surface area contributed by atoms with E-state index in [1.807, 2.05) is 38.1 Å². The van der Waals surface area contributed by atoms with Crippen LogP contribution < -0.4 is 10.9 Å². The highest BCUT2D eigenvalue weighted by molar-refractivity contribution is 7.19. The summed E-state index contributed by atoms with van der Waals surface area (Å²) in [6.07, 6.45) is 2.93. The summed E-state index contributed by atoms with van der Waals surface area (Å²) in [5.74, 6) is -0.218. The van der Waals surface area contributed by atoms with Crippen LogP contribution in [0.2, 0.25) is 0 Å². The minimum Gasteiger partial charge on any atom is -0.324 e. The van der Waals surface area contributed by atoms with Gasteiger partial charge >= 0.3 is 0 Å². The van der Waals surface area contributed by atoms with E-state index in [9.17, 15) is 9.59 Å². The van der Waals surface area contributed by atoms with Gasteiger partial charge in [-0.2, -0.15) is 0 Å². The number of anilines is 1. The number of carbonyl (C=O) groups is 1. The SMILES string of the molecule is CCc1ccc(NC(=O)C(CC)n2cnc3sc(C)c(-c4ccc(C)c(C)c4)c3c2=O)cc1. The highest BCUT2D eigenvalue weighted by Crippen LogP contribution is 2.36. The van der Waals surface area contributed by atoms with Crippen LogP contribution in [-0.4, -0.2) is 15.5 Å². The fraction of sp³-hybridized carbons (Fsp3) is 0.296. The van der Waals surface area contributed by atoms with Crippen molar-refractivity contribution in [2.45, 2.75) is 53.5 Å². The van der Waals surface area contributed by atoms with Crippen molar-refractivity contribution in [2.24, 2.45) is 0 Å². The van der Waals surface area contributed by atoms with Gasteiger partial charge in [-0.1, -0.05) is 44.2 Å². The number of aryl methyl sites for hydroxylation is 4. The van der Waals surface area contributed by atoms with Gasteiger partial charge in [-0.25, -0.2) is 4.98 Å². The van der Waals surface area contributed by atoms with E-state index in [1.165, 1.54) is 38.9 Å². The van der Waals surface area contributed by atoms with Crippen molar-refractivity contribution < 1.29 is 4.79 Å². The van der Waals surface area contributed by atoms with E-state index in [-0.39, 0.29) is 11.5 Å². The number of nitrogens with zero attached hydrogens (tertiary/aromatic N) is 2. The smallest absolute Gasteiger partial charge is 0.263 e. The average molecular weight is 460 g/mol. The minimum atomic E-state index is -0.645. The molecule has 0 fully saturated rings. The predicted molar refractivity (Wildman–Crippen MR) is 137 cm³/mol. The molecule has 0 spiro atoms. The molecule has 4 aromatic rings. The minimum absolute atomic E-state index is 0.180. The lowest BCUT2D eigenvalue weighted by atomic mass is 9.99. The third-order valence-electron chi connectivity index (χ3n) is 6.26. The number of rotatable bonds is 6. The molecule has 33 heavy (non-hydrogen) atoms. The Labute approximate surface area is 198 Å². The molecule has 2 aromatic carbocycles. The molecule has 2 aromatic heterocycles.